The molecular formula is C51H55BrF6N8O8S2. The van der Waals surface area contributed by atoms with Crippen LogP contribution < -0.4 is 21.3 Å². The lowest BCUT2D eigenvalue weighted by Crippen LogP contribution is -2.50. The number of hydrogen-bond acceptors (Lipinski definition) is 10. The van der Waals surface area contributed by atoms with Crippen LogP contribution in [0.2, 0.25) is 0 Å². The van der Waals surface area contributed by atoms with E-state index in [-0.39, 0.29) is 93.9 Å². The number of anilines is 2. The van der Waals surface area contributed by atoms with Crippen molar-refractivity contribution in [1.82, 2.24) is 19.2 Å². The molecule has 0 aromatic heterocycles. The number of benzene rings is 4. The number of piperidine rings is 2. The maximum atomic E-state index is 13.1. The zero-order chi connectivity index (χ0) is 55.3. The molecule has 0 bridgehead atoms. The summed E-state index contributed by atoms with van der Waals surface area (Å²) in [7, 11) is -7.38. The van der Waals surface area contributed by atoms with Gasteiger partial charge in [-0.1, -0.05) is 60.3 Å². The van der Waals surface area contributed by atoms with Gasteiger partial charge in [-0.2, -0.15) is 35.0 Å². The van der Waals surface area contributed by atoms with Crippen molar-refractivity contribution in [2.45, 2.75) is 84.2 Å². The van der Waals surface area contributed by atoms with Crippen LogP contribution in [0.25, 0.3) is 6.08 Å². The van der Waals surface area contributed by atoms with Crippen molar-refractivity contribution in [2.24, 2.45) is 9.98 Å². The van der Waals surface area contributed by atoms with Gasteiger partial charge in [0, 0.05) is 77.8 Å². The molecule has 16 nitrogen and oxygen atoms in total. The van der Waals surface area contributed by atoms with Gasteiger partial charge in [-0.15, -0.1) is 0 Å². The van der Waals surface area contributed by atoms with Crippen molar-refractivity contribution in [3.05, 3.63) is 146 Å². The molecule has 2 fully saturated rings. The minimum absolute atomic E-state index is 0. The van der Waals surface area contributed by atoms with Crippen LogP contribution in [0.15, 0.2) is 117 Å². The van der Waals surface area contributed by atoms with Gasteiger partial charge in [0.15, 0.2) is 0 Å². The fourth-order valence-electron chi connectivity index (χ4n) is 8.31. The van der Waals surface area contributed by atoms with E-state index in [1.54, 1.807) is 25.1 Å². The number of hydrogen-bond donors (Lipinski definition) is 4. The van der Waals surface area contributed by atoms with E-state index in [1.807, 2.05) is 25.1 Å². The molecule has 4 aliphatic heterocycles. The van der Waals surface area contributed by atoms with Crippen molar-refractivity contribution in [2.75, 3.05) is 36.8 Å². The lowest BCUT2D eigenvalue weighted by atomic mass is 9.89. The SMILES string of the molecule is C.C=CS(=O)(=O)N1CCC2(CC1)N=C(c1cccc(C(F)(F)F)c1)NC2=O.CC(=O)Nc1ccc(/C=C/S(=O)(=O)N2CCC3(CC2)N=C(c2cccc(C(F)(F)F)c2)NC3=O)c(C)c1.CC(=O)Nc1ccc(Br)c(C)c1. The molecule has 4 N–H and O–H groups in total. The first-order chi connectivity index (χ1) is 35.0. The topological polar surface area (TPSA) is 216 Å². The molecule has 8 rings (SSSR count). The number of aliphatic imine (C=N–C) groups is 2. The average Bonchev–Trinajstić information content (AvgIpc) is 3.83. The number of sulfonamides is 2. The molecule has 4 aliphatic rings. The Kier molecular flexibility index (Phi) is 18.9. The van der Waals surface area contributed by atoms with Gasteiger partial charge in [0.2, 0.25) is 31.9 Å². The van der Waals surface area contributed by atoms with Gasteiger partial charge in [0.25, 0.3) is 11.8 Å². The molecule has 76 heavy (non-hydrogen) atoms. The molecular weight excluding hydrogens is 1110 g/mol. The molecule has 2 spiro atoms. The van der Waals surface area contributed by atoms with Gasteiger partial charge in [-0.25, -0.2) is 16.8 Å². The van der Waals surface area contributed by atoms with Gasteiger partial charge in [-0.05, 0) is 117 Å². The van der Waals surface area contributed by atoms with Crippen molar-refractivity contribution >= 4 is 88.7 Å². The minimum atomic E-state index is -4.53. The van der Waals surface area contributed by atoms with Crippen LogP contribution in [0.3, 0.4) is 0 Å². The third kappa shape index (κ3) is 14.7. The lowest BCUT2D eigenvalue weighted by molar-refractivity contribution is -0.138. The monoisotopic (exact) mass is 1160 g/mol. The van der Waals surface area contributed by atoms with E-state index in [2.05, 4.69) is 53.8 Å². The minimum Gasteiger partial charge on any atom is -0.326 e. The number of rotatable bonds is 9. The first-order valence-electron chi connectivity index (χ1n) is 22.9. The quantitative estimate of drug-likeness (QED) is 0.118. The first-order valence-corrected chi connectivity index (χ1v) is 26.7. The van der Waals surface area contributed by atoms with Crippen LogP contribution >= 0.6 is 15.9 Å². The largest absolute Gasteiger partial charge is 0.416 e. The number of carbonyl (C=O) groups excluding carboxylic acids is 4. The zero-order valence-corrected chi connectivity index (χ0v) is 43.9. The summed E-state index contributed by atoms with van der Waals surface area (Å²) >= 11 is 3.38. The maximum Gasteiger partial charge on any atom is 0.416 e. The van der Waals surface area contributed by atoms with Crippen LogP contribution in [0, 0.1) is 13.8 Å². The molecule has 0 unspecified atom stereocenters. The summed E-state index contributed by atoms with van der Waals surface area (Å²) in [5.41, 5.74) is 0.216. The fourth-order valence-corrected chi connectivity index (χ4v) is 10.6. The van der Waals surface area contributed by atoms with Crippen molar-refractivity contribution in [1.29, 1.82) is 0 Å². The van der Waals surface area contributed by atoms with E-state index in [9.17, 15) is 62.4 Å². The number of alkyl halides is 6. The summed E-state index contributed by atoms with van der Waals surface area (Å²) in [5.74, 6) is -1.03. The van der Waals surface area contributed by atoms with Gasteiger partial charge in [0.1, 0.15) is 22.7 Å². The highest BCUT2D eigenvalue weighted by Gasteiger charge is 2.49. The predicted octanol–water partition coefficient (Wildman–Crippen LogP) is 8.93. The molecule has 4 amide bonds. The van der Waals surface area contributed by atoms with Crippen molar-refractivity contribution < 1.29 is 62.4 Å². The summed E-state index contributed by atoms with van der Waals surface area (Å²) in [6.07, 6.45) is -7.07. The predicted molar refractivity (Wildman–Crippen MR) is 282 cm³/mol. The van der Waals surface area contributed by atoms with Gasteiger partial charge in [0.05, 0.1) is 11.1 Å². The van der Waals surface area contributed by atoms with E-state index in [0.717, 1.165) is 56.4 Å². The number of carbonyl (C=O) groups is 4. The Morgan fingerprint density at radius 2 is 1.07 bits per heavy atom. The second kappa shape index (κ2) is 23.8. The van der Waals surface area contributed by atoms with Crippen molar-refractivity contribution in [3.8, 4) is 0 Å². The number of nitrogens with one attached hydrogen (secondary N) is 4. The van der Waals surface area contributed by atoms with Gasteiger partial charge >= 0.3 is 12.4 Å². The number of halogens is 7. The van der Waals surface area contributed by atoms with E-state index in [0.29, 0.717) is 11.3 Å². The van der Waals surface area contributed by atoms with Crippen LogP contribution in [0.1, 0.15) is 85.9 Å². The molecule has 0 saturated carbocycles. The van der Waals surface area contributed by atoms with Crippen LogP contribution in [0.4, 0.5) is 37.7 Å². The number of amides is 4. The Bertz CT molecular complexity index is 3220. The maximum absolute atomic E-state index is 13.1. The van der Waals surface area contributed by atoms with Crippen LogP contribution in [-0.2, 0) is 51.6 Å². The molecule has 0 aliphatic carbocycles. The smallest absolute Gasteiger partial charge is 0.326 e. The Balaban J connectivity index is 0.000000236. The highest BCUT2D eigenvalue weighted by Crippen LogP contribution is 2.36. The summed E-state index contributed by atoms with van der Waals surface area (Å²) in [4.78, 5) is 55.8. The standard InChI is InChI=1S/C25H25F3N4O4S.C16H16F3N3O3S.C9H10BrNO.CH4/c1-16-14-21(29-17(2)33)7-6-18(16)8-13-37(35,36)32-11-9-24(10-12-32)23(34)30-22(31-24)19-4-3-5-20(15-19)25(26,27)28;1-2-26(24,25)22-8-6-15(7-9-22)14(23)20-13(21-15)11-4-3-5-12(10-11)16(17,18)19;1-6-5-8(11-7(2)12)3-4-9(6)10;/h3-8,13-15H,9-12H2,1-2H3,(H,29,33)(H,30,31,34);2-5,10H,1,6-9H2,(H,20,21,23);3-5H,1-2H3,(H,11,12);1H4/b13-8+;;;. The Morgan fingerprint density at radius 3 is 1.45 bits per heavy atom. The number of nitrogens with zero attached hydrogens (tertiary/aromatic N) is 4. The third-order valence-electron chi connectivity index (χ3n) is 12.4. The van der Waals surface area contributed by atoms with Gasteiger partial charge in [-0.3, -0.25) is 29.2 Å². The summed E-state index contributed by atoms with van der Waals surface area (Å²) < 4.78 is 131. The third-order valence-corrected chi connectivity index (χ3v) is 16.4. The summed E-state index contributed by atoms with van der Waals surface area (Å²) in [5, 5.41) is 12.4. The van der Waals surface area contributed by atoms with E-state index >= 15 is 0 Å². The molecule has 0 radical (unpaired) electrons. The lowest BCUT2D eigenvalue weighted by Gasteiger charge is -2.34. The fraction of sp³-hybridized carbons (Fsp3) is 0.333. The van der Waals surface area contributed by atoms with E-state index < -0.39 is 66.4 Å². The normalized spacial score (nSPS) is 17.5. The molecule has 0 atom stereocenters. The van der Waals surface area contributed by atoms with E-state index in [4.69, 9.17) is 0 Å². The number of amidine groups is 2. The highest BCUT2D eigenvalue weighted by molar-refractivity contribution is 9.10. The molecule has 4 aromatic carbocycles. The zero-order valence-electron chi connectivity index (χ0n) is 40.7. The summed E-state index contributed by atoms with van der Waals surface area (Å²) in [6.45, 7) is 10.2. The van der Waals surface area contributed by atoms with Crippen LogP contribution in [0.5, 0.6) is 0 Å². The van der Waals surface area contributed by atoms with Crippen LogP contribution in [-0.4, -0.2) is 98.0 Å². The molecule has 4 heterocycles. The molecule has 4 aromatic rings. The molecule has 2 saturated heterocycles. The Morgan fingerprint density at radius 1 is 0.658 bits per heavy atom. The Labute approximate surface area is 445 Å². The Hall–Kier alpha value is -6.54. The molecule has 25 heteroatoms. The second-order valence-corrected chi connectivity index (χ2v) is 22.4. The van der Waals surface area contributed by atoms with Gasteiger partial charge < -0.3 is 21.3 Å². The van der Waals surface area contributed by atoms with Crippen molar-refractivity contribution in [3.63, 3.8) is 0 Å². The first kappa shape index (κ1) is 60.3. The second-order valence-electron chi connectivity index (χ2n) is 17.8. The van der Waals surface area contributed by atoms with E-state index in [1.165, 1.54) is 52.8 Å². The number of aryl methyl sites for hydroxylation is 2. The molecule has 408 valence electrons. The summed E-state index contributed by atoms with van der Waals surface area (Å²) in [6, 6.07) is 19.9. The highest BCUT2D eigenvalue weighted by atomic mass is 79.9. The average molecular weight is 1170 g/mol.